The van der Waals surface area contributed by atoms with Crippen LogP contribution >= 0.6 is 11.6 Å². The Morgan fingerprint density at radius 3 is 2.60 bits per heavy atom. The van der Waals surface area contributed by atoms with E-state index < -0.39 is 0 Å². The summed E-state index contributed by atoms with van der Waals surface area (Å²) in [6.07, 6.45) is 1.74. The number of aryl methyl sites for hydroxylation is 2. The highest BCUT2D eigenvalue weighted by molar-refractivity contribution is 6.30. The first-order chi connectivity index (χ1) is 7.16. The number of halogens is 1. The predicted molar refractivity (Wildman–Crippen MR) is 64.2 cm³/mol. The fourth-order valence-corrected chi connectivity index (χ4v) is 1.72. The highest BCUT2D eigenvalue weighted by atomic mass is 35.5. The van der Waals surface area contributed by atoms with Gasteiger partial charge in [-0.3, -0.25) is 4.98 Å². The average molecular weight is 218 g/mol. The van der Waals surface area contributed by atoms with E-state index in [-0.39, 0.29) is 0 Å². The summed E-state index contributed by atoms with van der Waals surface area (Å²) in [6.45, 7) is 4.16. The Morgan fingerprint density at radius 1 is 1.07 bits per heavy atom. The van der Waals surface area contributed by atoms with Gasteiger partial charge in [-0.05, 0) is 37.6 Å². The molecule has 1 nitrogen and oxygen atoms in total. The molecule has 0 amide bonds. The third kappa shape index (κ3) is 2.18. The maximum absolute atomic E-state index is 5.95. The van der Waals surface area contributed by atoms with Gasteiger partial charge in [-0.2, -0.15) is 0 Å². The second-order valence-electron chi connectivity index (χ2n) is 3.68. The minimum absolute atomic E-state index is 0.723. The minimum atomic E-state index is 0.723. The number of pyridine rings is 1. The fourth-order valence-electron chi connectivity index (χ4n) is 1.56. The summed E-state index contributed by atoms with van der Waals surface area (Å²) in [5.74, 6) is 0. The molecule has 2 heteroatoms. The molecule has 1 aromatic carbocycles. The number of benzene rings is 1. The number of aromatic nitrogens is 1. The van der Waals surface area contributed by atoms with Gasteiger partial charge in [-0.1, -0.05) is 29.3 Å². The molecule has 15 heavy (non-hydrogen) atoms. The van der Waals surface area contributed by atoms with Crippen LogP contribution < -0.4 is 0 Å². The van der Waals surface area contributed by atoms with Crippen molar-refractivity contribution < 1.29 is 0 Å². The van der Waals surface area contributed by atoms with Gasteiger partial charge in [-0.15, -0.1) is 0 Å². The van der Waals surface area contributed by atoms with Crippen LogP contribution in [-0.4, -0.2) is 4.98 Å². The van der Waals surface area contributed by atoms with E-state index in [1.807, 2.05) is 6.07 Å². The van der Waals surface area contributed by atoms with Gasteiger partial charge in [0.15, 0.2) is 0 Å². The van der Waals surface area contributed by atoms with E-state index in [1.54, 1.807) is 12.3 Å². The molecule has 0 aliphatic carbocycles. The maximum Gasteiger partial charge on any atom is 0.0719 e. The van der Waals surface area contributed by atoms with Gasteiger partial charge in [0, 0.05) is 16.8 Å². The molecular weight excluding hydrogens is 206 g/mol. The molecule has 0 unspecified atom stereocenters. The Kier molecular flexibility index (Phi) is 2.74. The van der Waals surface area contributed by atoms with Crippen LogP contribution in [0, 0.1) is 13.8 Å². The van der Waals surface area contributed by atoms with Crippen LogP contribution in [0.2, 0.25) is 5.02 Å². The van der Waals surface area contributed by atoms with E-state index in [2.05, 4.69) is 37.0 Å². The molecule has 2 rings (SSSR count). The molecule has 0 spiro atoms. The van der Waals surface area contributed by atoms with Crippen LogP contribution in [0.25, 0.3) is 11.3 Å². The van der Waals surface area contributed by atoms with Crippen molar-refractivity contribution in [2.45, 2.75) is 13.8 Å². The lowest BCUT2D eigenvalue weighted by atomic mass is 10.0. The van der Waals surface area contributed by atoms with E-state index in [4.69, 9.17) is 11.6 Å². The van der Waals surface area contributed by atoms with Crippen LogP contribution in [0.1, 0.15) is 11.1 Å². The van der Waals surface area contributed by atoms with E-state index in [0.717, 1.165) is 16.3 Å². The predicted octanol–water partition coefficient (Wildman–Crippen LogP) is 4.02. The van der Waals surface area contributed by atoms with Crippen LogP contribution in [-0.2, 0) is 0 Å². The van der Waals surface area contributed by atoms with Gasteiger partial charge >= 0.3 is 0 Å². The summed E-state index contributed by atoms with van der Waals surface area (Å²) in [5.41, 5.74) is 4.54. The zero-order valence-corrected chi connectivity index (χ0v) is 9.55. The molecule has 1 aromatic heterocycles. The molecule has 2 aromatic rings. The molecule has 0 saturated heterocycles. The second-order valence-corrected chi connectivity index (χ2v) is 4.11. The maximum atomic E-state index is 5.95. The third-order valence-electron chi connectivity index (χ3n) is 2.39. The van der Waals surface area contributed by atoms with Crippen molar-refractivity contribution in [3.05, 3.63) is 52.7 Å². The second kappa shape index (κ2) is 4.03. The molecule has 0 fully saturated rings. The normalized spacial score (nSPS) is 10.3. The zero-order valence-electron chi connectivity index (χ0n) is 8.79. The Balaban J connectivity index is 2.58. The van der Waals surface area contributed by atoms with Crippen LogP contribution in [0.4, 0.5) is 0 Å². The van der Waals surface area contributed by atoms with Crippen molar-refractivity contribution in [3.8, 4) is 11.3 Å². The van der Waals surface area contributed by atoms with E-state index in [1.165, 1.54) is 11.1 Å². The van der Waals surface area contributed by atoms with Crippen molar-refractivity contribution in [2.75, 3.05) is 0 Å². The molecule has 0 saturated carbocycles. The van der Waals surface area contributed by atoms with Crippen molar-refractivity contribution >= 4 is 11.6 Å². The average Bonchev–Trinajstić information content (AvgIpc) is 2.22. The van der Waals surface area contributed by atoms with Gasteiger partial charge in [0.1, 0.15) is 0 Å². The first-order valence-electron chi connectivity index (χ1n) is 4.86. The van der Waals surface area contributed by atoms with Gasteiger partial charge in [0.05, 0.1) is 5.69 Å². The Bertz CT molecular complexity index is 492. The summed E-state index contributed by atoms with van der Waals surface area (Å²) < 4.78 is 0. The van der Waals surface area contributed by atoms with Crippen molar-refractivity contribution in [1.82, 2.24) is 4.98 Å². The molecule has 76 valence electrons. The fraction of sp³-hybridized carbons (Fsp3) is 0.154. The lowest BCUT2D eigenvalue weighted by Crippen LogP contribution is -1.87. The molecule has 0 aliphatic heterocycles. The number of hydrogen-bond donors (Lipinski definition) is 0. The first-order valence-corrected chi connectivity index (χ1v) is 5.24. The van der Waals surface area contributed by atoms with Crippen LogP contribution in [0.15, 0.2) is 36.5 Å². The molecule has 0 atom stereocenters. The monoisotopic (exact) mass is 217 g/mol. The van der Waals surface area contributed by atoms with Gasteiger partial charge in [-0.25, -0.2) is 0 Å². The van der Waals surface area contributed by atoms with Gasteiger partial charge in [0.2, 0.25) is 0 Å². The number of nitrogens with zero attached hydrogens (tertiary/aromatic N) is 1. The summed E-state index contributed by atoms with van der Waals surface area (Å²) >= 11 is 5.95. The molecule has 0 N–H and O–H groups in total. The minimum Gasteiger partial charge on any atom is -0.256 e. The Hall–Kier alpha value is -1.34. The molecule has 0 aliphatic rings. The first kappa shape index (κ1) is 10.2. The van der Waals surface area contributed by atoms with Crippen molar-refractivity contribution in [2.24, 2.45) is 0 Å². The van der Waals surface area contributed by atoms with Crippen LogP contribution in [0.3, 0.4) is 0 Å². The molecule has 1 heterocycles. The topological polar surface area (TPSA) is 12.9 Å². The molecule has 0 bridgehead atoms. The molecule has 0 radical (unpaired) electrons. The summed E-state index contributed by atoms with van der Waals surface area (Å²) in [6, 6.07) is 10.0. The standard InChI is InChI=1S/C13H12ClN/c1-9-3-4-10(2)12(7-9)13-8-11(14)5-6-15-13/h3-8H,1-2H3. The summed E-state index contributed by atoms with van der Waals surface area (Å²) in [7, 11) is 0. The van der Waals surface area contributed by atoms with E-state index in [0.29, 0.717) is 0 Å². The number of rotatable bonds is 1. The third-order valence-corrected chi connectivity index (χ3v) is 2.63. The van der Waals surface area contributed by atoms with E-state index >= 15 is 0 Å². The summed E-state index contributed by atoms with van der Waals surface area (Å²) in [4.78, 5) is 4.33. The van der Waals surface area contributed by atoms with Crippen molar-refractivity contribution in [3.63, 3.8) is 0 Å². The van der Waals surface area contributed by atoms with E-state index in [9.17, 15) is 0 Å². The lowest BCUT2D eigenvalue weighted by Gasteiger charge is -2.06. The number of hydrogen-bond acceptors (Lipinski definition) is 1. The van der Waals surface area contributed by atoms with Gasteiger partial charge in [0.25, 0.3) is 0 Å². The van der Waals surface area contributed by atoms with Crippen LogP contribution in [0.5, 0.6) is 0 Å². The summed E-state index contributed by atoms with van der Waals surface area (Å²) in [5, 5.41) is 0.723. The van der Waals surface area contributed by atoms with Gasteiger partial charge < -0.3 is 0 Å². The Labute approximate surface area is 94.7 Å². The highest BCUT2D eigenvalue weighted by Gasteiger charge is 2.03. The zero-order chi connectivity index (χ0) is 10.8. The smallest absolute Gasteiger partial charge is 0.0719 e. The quantitative estimate of drug-likeness (QED) is 0.703. The van der Waals surface area contributed by atoms with Crippen molar-refractivity contribution in [1.29, 1.82) is 0 Å². The largest absolute Gasteiger partial charge is 0.256 e. The molecular formula is C13H12ClN. The lowest BCUT2D eigenvalue weighted by molar-refractivity contribution is 1.29. The Morgan fingerprint density at radius 2 is 1.87 bits per heavy atom. The SMILES string of the molecule is Cc1ccc(C)c(-c2cc(Cl)ccn2)c1. The highest BCUT2D eigenvalue weighted by Crippen LogP contribution is 2.24.